The largest absolute Gasteiger partial charge is 0.494 e. The molecule has 1 unspecified atom stereocenters. The fraction of sp³-hybridized carbons (Fsp3) is 0.318. The Bertz CT molecular complexity index is 913. The van der Waals surface area contributed by atoms with Crippen LogP contribution in [0.15, 0.2) is 48.5 Å². The van der Waals surface area contributed by atoms with E-state index in [2.05, 4.69) is 10.9 Å². The summed E-state index contributed by atoms with van der Waals surface area (Å²) < 4.78 is 10.9. The molecule has 2 aromatic carbocycles. The van der Waals surface area contributed by atoms with E-state index in [-0.39, 0.29) is 18.9 Å². The Labute approximate surface area is 175 Å². The van der Waals surface area contributed by atoms with Crippen LogP contribution < -0.4 is 25.2 Å². The van der Waals surface area contributed by atoms with E-state index in [1.54, 1.807) is 41.3 Å². The average Bonchev–Trinajstić information content (AvgIpc) is 3.15. The molecule has 8 nitrogen and oxygen atoms in total. The van der Waals surface area contributed by atoms with Crippen LogP contribution >= 0.6 is 0 Å². The number of rotatable bonds is 7. The number of hydrogen-bond acceptors (Lipinski definition) is 5. The fourth-order valence-electron chi connectivity index (χ4n) is 3.24. The second-order valence-electron chi connectivity index (χ2n) is 6.71. The Morgan fingerprint density at radius 2 is 1.70 bits per heavy atom. The number of benzene rings is 2. The van der Waals surface area contributed by atoms with Crippen molar-refractivity contribution in [2.45, 2.75) is 20.3 Å². The number of amides is 3. The van der Waals surface area contributed by atoms with Gasteiger partial charge in [-0.2, -0.15) is 0 Å². The fourth-order valence-corrected chi connectivity index (χ4v) is 3.24. The van der Waals surface area contributed by atoms with Crippen LogP contribution in [0.1, 0.15) is 30.6 Å². The summed E-state index contributed by atoms with van der Waals surface area (Å²) in [6.07, 6.45) is 0.0607. The van der Waals surface area contributed by atoms with Gasteiger partial charge in [0.25, 0.3) is 5.91 Å². The van der Waals surface area contributed by atoms with Crippen LogP contribution in [-0.2, 0) is 9.59 Å². The second-order valence-corrected chi connectivity index (χ2v) is 6.71. The Balaban J connectivity index is 1.58. The molecule has 1 atom stereocenters. The maximum absolute atomic E-state index is 12.5. The lowest BCUT2D eigenvalue weighted by molar-refractivity contribution is -0.126. The van der Waals surface area contributed by atoms with Crippen LogP contribution in [0, 0.1) is 5.92 Å². The molecule has 0 radical (unpaired) electrons. The van der Waals surface area contributed by atoms with E-state index in [0.717, 1.165) is 0 Å². The van der Waals surface area contributed by atoms with Crippen LogP contribution in [-0.4, -0.2) is 37.5 Å². The zero-order valence-corrected chi connectivity index (χ0v) is 17.0. The van der Waals surface area contributed by atoms with Gasteiger partial charge in [0.1, 0.15) is 11.5 Å². The number of hydrogen-bond donors (Lipinski definition) is 2. The highest BCUT2D eigenvalue weighted by molar-refractivity contribution is 6.02. The van der Waals surface area contributed by atoms with Gasteiger partial charge in [-0.3, -0.25) is 25.2 Å². The number of anilines is 1. The summed E-state index contributed by atoms with van der Waals surface area (Å²) in [4.78, 5) is 38.8. The smallest absolute Gasteiger partial charge is 0.269 e. The molecular formula is C22H25N3O5. The van der Waals surface area contributed by atoms with Crippen molar-refractivity contribution in [2.24, 2.45) is 5.92 Å². The number of para-hydroxylation sites is 2. The molecule has 2 N–H and O–H groups in total. The zero-order chi connectivity index (χ0) is 21.5. The van der Waals surface area contributed by atoms with Crippen molar-refractivity contribution in [3.05, 3.63) is 54.1 Å². The van der Waals surface area contributed by atoms with E-state index < -0.39 is 17.7 Å². The Morgan fingerprint density at radius 3 is 2.40 bits per heavy atom. The van der Waals surface area contributed by atoms with Crippen molar-refractivity contribution in [3.8, 4) is 11.5 Å². The SMILES string of the molecule is CCOc1ccc(C(=O)NNC(=O)C2CC(=O)N(c3ccccc3OCC)C2)cc1. The first kappa shape index (κ1) is 21.2. The topological polar surface area (TPSA) is 97.0 Å². The van der Waals surface area contributed by atoms with Crippen molar-refractivity contribution < 1.29 is 23.9 Å². The van der Waals surface area contributed by atoms with Gasteiger partial charge in [-0.05, 0) is 50.2 Å². The molecule has 1 saturated heterocycles. The summed E-state index contributed by atoms with van der Waals surface area (Å²) in [6.45, 7) is 4.97. The minimum absolute atomic E-state index is 0.0607. The standard InChI is InChI=1S/C22H25N3O5/c1-3-29-17-11-9-15(10-12-17)21(27)23-24-22(28)16-13-20(26)25(14-16)18-7-5-6-8-19(18)30-4-2/h5-12,16H,3-4,13-14H2,1-2H3,(H,23,27)(H,24,28). The quantitative estimate of drug-likeness (QED) is 0.682. The summed E-state index contributed by atoms with van der Waals surface area (Å²) >= 11 is 0. The molecule has 3 amide bonds. The predicted octanol–water partition coefficient (Wildman–Crippen LogP) is 2.30. The summed E-state index contributed by atoms with van der Waals surface area (Å²) in [5, 5.41) is 0. The molecule has 0 aromatic heterocycles. The van der Waals surface area contributed by atoms with E-state index in [0.29, 0.717) is 36.0 Å². The van der Waals surface area contributed by atoms with Crippen molar-refractivity contribution in [1.29, 1.82) is 0 Å². The molecule has 30 heavy (non-hydrogen) atoms. The Kier molecular flexibility index (Phi) is 6.90. The molecule has 3 rings (SSSR count). The van der Waals surface area contributed by atoms with Gasteiger partial charge >= 0.3 is 0 Å². The van der Waals surface area contributed by atoms with Gasteiger partial charge in [-0.25, -0.2) is 0 Å². The van der Waals surface area contributed by atoms with E-state index >= 15 is 0 Å². The maximum Gasteiger partial charge on any atom is 0.269 e. The highest BCUT2D eigenvalue weighted by atomic mass is 16.5. The monoisotopic (exact) mass is 411 g/mol. The first-order valence-electron chi connectivity index (χ1n) is 9.88. The molecule has 0 bridgehead atoms. The third-order valence-corrected chi connectivity index (χ3v) is 4.68. The van der Waals surface area contributed by atoms with Gasteiger partial charge in [0.15, 0.2) is 0 Å². The van der Waals surface area contributed by atoms with Gasteiger partial charge in [0, 0.05) is 18.5 Å². The zero-order valence-electron chi connectivity index (χ0n) is 17.0. The lowest BCUT2D eigenvalue weighted by atomic mass is 10.1. The molecule has 8 heteroatoms. The van der Waals surface area contributed by atoms with Crippen LogP contribution in [0.2, 0.25) is 0 Å². The highest BCUT2D eigenvalue weighted by Crippen LogP contribution is 2.33. The van der Waals surface area contributed by atoms with E-state index in [1.807, 2.05) is 26.0 Å². The summed E-state index contributed by atoms with van der Waals surface area (Å²) in [5.74, 6) is -0.352. The normalized spacial score (nSPS) is 15.6. The van der Waals surface area contributed by atoms with Crippen LogP contribution in [0.5, 0.6) is 11.5 Å². The molecule has 1 fully saturated rings. The third kappa shape index (κ3) is 4.89. The first-order valence-corrected chi connectivity index (χ1v) is 9.88. The first-order chi connectivity index (χ1) is 14.5. The Hall–Kier alpha value is -3.55. The number of carbonyl (C=O) groups excluding carboxylic acids is 3. The highest BCUT2D eigenvalue weighted by Gasteiger charge is 2.36. The van der Waals surface area contributed by atoms with Crippen molar-refractivity contribution in [3.63, 3.8) is 0 Å². The summed E-state index contributed by atoms with van der Waals surface area (Å²) in [6, 6.07) is 13.8. The lowest BCUT2D eigenvalue weighted by Crippen LogP contribution is -2.45. The van der Waals surface area contributed by atoms with Crippen LogP contribution in [0.3, 0.4) is 0 Å². The molecule has 1 aliphatic heterocycles. The minimum atomic E-state index is -0.576. The number of ether oxygens (including phenoxy) is 2. The molecule has 1 heterocycles. The lowest BCUT2D eigenvalue weighted by Gasteiger charge is -2.20. The molecule has 0 spiro atoms. The molecule has 158 valence electrons. The van der Waals surface area contributed by atoms with E-state index in [4.69, 9.17) is 9.47 Å². The van der Waals surface area contributed by atoms with Gasteiger partial charge in [0.2, 0.25) is 11.8 Å². The molecule has 0 aliphatic carbocycles. The number of nitrogens with one attached hydrogen (secondary N) is 2. The van der Waals surface area contributed by atoms with E-state index in [1.165, 1.54) is 0 Å². The minimum Gasteiger partial charge on any atom is -0.494 e. The second kappa shape index (κ2) is 9.78. The van der Waals surface area contributed by atoms with Gasteiger partial charge in [0.05, 0.1) is 24.8 Å². The van der Waals surface area contributed by atoms with Gasteiger partial charge in [-0.15, -0.1) is 0 Å². The number of hydrazine groups is 1. The average molecular weight is 411 g/mol. The molecule has 2 aromatic rings. The van der Waals surface area contributed by atoms with Crippen molar-refractivity contribution >= 4 is 23.4 Å². The summed E-state index contributed by atoms with van der Waals surface area (Å²) in [5.41, 5.74) is 5.83. The van der Waals surface area contributed by atoms with Gasteiger partial charge in [-0.1, -0.05) is 12.1 Å². The van der Waals surface area contributed by atoms with Gasteiger partial charge < -0.3 is 14.4 Å². The summed E-state index contributed by atoms with van der Waals surface area (Å²) in [7, 11) is 0. The van der Waals surface area contributed by atoms with Crippen molar-refractivity contribution in [2.75, 3.05) is 24.7 Å². The van der Waals surface area contributed by atoms with Crippen molar-refractivity contribution in [1.82, 2.24) is 10.9 Å². The molecule has 1 aliphatic rings. The molecule has 0 saturated carbocycles. The number of nitrogens with zero attached hydrogens (tertiary/aromatic N) is 1. The van der Waals surface area contributed by atoms with Crippen LogP contribution in [0.25, 0.3) is 0 Å². The Morgan fingerprint density at radius 1 is 1.00 bits per heavy atom. The van der Waals surface area contributed by atoms with E-state index in [9.17, 15) is 14.4 Å². The van der Waals surface area contributed by atoms with Crippen LogP contribution in [0.4, 0.5) is 5.69 Å². The maximum atomic E-state index is 12.5. The number of carbonyl (C=O) groups is 3. The molecular weight excluding hydrogens is 386 g/mol. The third-order valence-electron chi connectivity index (χ3n) is 4.68. The predicted molar refractivity (Wildman–Crippen MR) is 111 cm³/mol.